The molecule has 0 fully saturated rings. The van der Waals surface area contributed by atoms with Crippen molar-refractivity contribution < 1.29 is 4.42 Å². The highest BCUT2D eigenvalue weighted by atomic mass is 16.3. The van der Waals surface area contributed by atoms with E-state index in [4.69, 9.17) is 4.42 Å². The highest BCUT2D eigenvalue weighted by Gasteiger charge is 2.09. The van der Waals surface area contributed by atoms with Crippen LogP contribution in [0.2, 0.25) is 0 Å². The molecule has 0 atom stereocenters. The van der Waals surface area contributed by atoms with E-state index in [2.05, 4.69) is 22.2 Å². The minimum absolute atomic E-state index is 0.781. The fourth-order valence-corrected chi connectivity index (χ4v) is 2.07. The summed E-state index contributed by atoms with van der Waals surface area (Å²) in [5, 5.41) is 4.44. The van der Waals surface area contributed by atoms with Gasteiger partial charge in [-0.15, -0.1) is 0 Å². The van der Waals surface area contributed by atoms with Gasteiger partial charge >= 0.3 is 0 Å². The third kappa shape index (κ3) is 2.53. The second-order valence-electron chi connectivity index (χ2n) is 4.58. The molecular weight excluding hydrogens is 238 g/mol. The minimum Gasteiger partial charge on any atom is -0.453 e. The summed E-state index contributed by atoms with van der Waals surface area (Å²) in [6, 6.07) is 9.99. The van der Waals surface area contributed by atoms with Gasteiger partial charge in [0.1, 0.15) is 5.58 Å². The maximum absolute atomic E-state index is 5.78. The second-order valence-corrected chi connectivity index (χ2v) is 4.58. The van der Waals surface area contributed by atoms with Crippen LogP contribution in [0.4, 0.5) is 0 Å². The second kappa shape index (κ2) is 5.28. The Morgan fingerprint density at radius 2 is 2.21 bits per heavy atom. The normalized spacial score (nSPS) is 11.2. The largest absolute Gasteiger partial charge is 0.453 e. The Hall–Kier alpha value is -2.07. The van der Waals surface area contributed by atoms with Crippen LogP contribution in [0.5, 0.6) is 0 Å². The van der Waals surface area contributed by atoms with Gasteiger partial charge < -0.3 is 14.7 Å². The molecule has 19 heavy (non-hydrogen) atoms. The quantitative estimate of drug-likeness (QED) is 0.688. The van der Waals surface area contributed by atoms with Crippen LogP contribution in [0.1, 0.15) is 19.0 Å². The van der Waals surface area contributed by atoms with Crippen LogP contribution in [-0.2, 0) is 6.54 Å². The zero-order valence-electron chi connectivity index (χ0n) is 10.9. The molecule has 0 aliphatic heterocycles. The molecule has 0 aliphatic carbocycles. The highest BCUT2D eigenvalue weighted by molar-refractivity contribution is 5.81. The van der Waals surface area contributed by atoms with E-state index in [0.717, 1.165) is 47.8 Å². The van der Waals surface area contributed by atoms with Crippen molar-refractivity contribution in [3.8, 4) is 11.6 Å². The summed E-state index contributed by atoms with van der Waals surface area (Å²) in [4.78, 5) is 7.65. The highest BCUT2D eigenvalue weighted by Crippen LogP contribution is 2.25. The molecule has 0 radical (unpaired) electrons. The van der Waals surface area contributed by atoms with E-state index in [1.165, 1.54) is 0 Å². The predicted octanol–water partition coefficient (Wildman–Crippen LogP) is 3.32. The van der Waals surface area contributed by atoms with Gasteiger partial charge in [0.15, 0.2) is 11.6 Å². The first-order chi connectivity index (χ1) is 9.36. The molecule has 2 heterocycles. The average molecular weight is 255 g/mol. The van der Waals surface area contributed by atoms with E-state index in [-0.39, 0.29) is 0 Å². The maximum Gasteiger partial charge on any atom is 0.173 e. The summed E-state index contributed by atoms with van der Waals surface area (Å²) in [5.41, 5.74) is 1.96. The molecule has 0 unspecified atom stereocenters. The Balaban J connectivity index is 1.81. The van der Waals surface area contributed by atoms with Crippen LogP contribution in [0.3, 0.4) is 0 Å². The number of imidazole rings is 1. The molecule has 0 amide bonds. The first-order valence-electron chi connectivity index (χ1n) is 6.60. The number of nitrogens with one attached hydrogen (secondary N) is 2. The van der Waals surface area contributed by atoms with Crippen molar-refractivity contribution in [3.63, 3.8) is 0 Å². The van der Waals surface area contributed by atoms with Crippen LogP contribution < -0.4 is 5.32 Å². The van der Waals surface area contributed by atoms with E-state index < -0.39 is 0 Å². The summed E-state index contributed by atoms with van der Waals surface area (Å²) in [7, 11) is 0. The molecule has 3 rings (SSSR count). The SMILES string of the molecule is CCCNCc1cnc(-c2cc3ccccc3o2)[nH]1. The summed E-state index contributed by atoms with van der Waals surface area (Å²) >= 11 is 0. The van der Waals surface area contributed by atoms with Gasteiger partial charge in [0.2, 0.25) is 0 Å². The summed E-state index contributed by atoms with van der Waals surface area (Å²) in [6.07, 6.45) is 2.98. The molecule has 3 aromatic rings. The lowest BCUT2D eigenvalue weighted by atomic mass is 10.2. The molecule has 0 spiro atoms. The fourth-order valence-electron chi connectivity index (χ4n) is 2.07. The van der Waals surface area contributed by atoms with Gasteiger partial charge in [0.05, 0.1) is 6.20 Å². The lowest BCUT2D eigenvalue weighted by Crippen LogP contribution is -2.13. The van der Waals surface area contributed by atoms with Crippen molar-refractivity contribution in [3.05, 3.63) is 42.2 Å². The Bertz CT molecular complexity index is 636. The summed E-state index contributed by atoms with van der Waals surface area (Å²) < 4.78 is 5.78. The Morgan fingerprint density at radius 3 is 3.05 bits per heavy atom. The van der Waals surface area contributed by atoms with Crippen molar-refractivity contribution in [2.75, 3.05) is 6.54 Å². The van der Waals surface area contributed by atoms with E-state index >= 15 is 0 Å². The topological polar surface area (TPSA) is 53.9 Å². The zero-order valence-corrected chi connectivity index (χ0v) is 10.9. The molecule has 2 N–H and O–H groups in total. The number of benzene rings is 1. The minimum atomic E-state index is 0.781. The number of H-pyrrole nitrogens is 1. The predicted molar refractivity (Wildman–Crippen MR) is 75.8 cm³/mol. The van der Waals surface area contributed by atoms with Gasteiger partial charge in [-0.3, -0.25) is 0 Å². The number of furan rings is 1. The lowest BCUT2D eigenvalue weighted by Gasteiger charge is -1.98. The van der Waals surface area contributed by atoms with Crippen LogP contribution in [0, 0.1) is 0 Å². The number of hydrogen-bond donors (Lipinski definition) is 2. The van der Waals surface area contributed by atoms with Gasteiger partial charge in [0.25, 0.3) is 0 Å². The lowest BCUT2D eigenvalue weighted by molar-refractivity contribution is 0.625. The van der Waals surface area contributed by atoms with Crippen molar-refractivity contribution in [1.82, 2.24) is 15.3 Å². The number of fused-ring (bicyclic) bond motifs is 1. The van der Waals surface area contributed by atoms with Gasteiger partial charge in [-0.25, -0.2) is 4.98 Å². The van der Waals surface area contributed by atoms with Gasteiger partial charge in [-0.1, -0.05) is 25.1 Å². The monoisotopic (exact) mass is 255 g/mol. The zero-order chi connectivity index (χ0) is 13.1. The molecule has 1 aromatic carbocycles. The molecular formula is C15H17N3O. The standard InChI is InChI=1S/C15H17N3O/c1-2-7-16-9-12-10-17-15(18-12)14-8-11-5-3-4-6-13(11)19-14/h3-6,8,10,16H,2,7,9H2,1H3,(H,17,18). The third-order valence-electron chi connectivity index (χ3n) is 3.03. The number of nitrogens with zero attached hydrogens (tertiary/aromatic N) is 1. The Morgan fingerprint density at radius 1 is 1.32 bits per heavy atom. The number of para-hydroxylation sites is 1. The number of aromatic nitrogens is 2. The van der Waals surface area contributed by atoms with Gasteiger partial charge in [-0.2, -0.15) is 0 Å². The van der Waals surface area contributed by atoms with Crippen molar-refractivity contribution in [2.45, 2.75) is 19.9 Å². The number of hydrogen-bond acceptors (Lipinski definition) is 3. The fraction of sp³-hybridized carbons (Fsp3) is 0.267. The molecule has 0 saturated carbocycles. The van der Waals surface area contributed by atoms with E-state index in [1.54, 1.807) is 0 Å². The van der Waals surface area contributed by atoms with E-state index in [1.807, 2.05) is 36.5 Å². The van der Waals surface area contributed by atoms with Gasteiger partial charge in [-0.05, 0) is 25.1 Å². The number of aromatic amines is 1. The van der Waals surface area contributed by atoms with Crippen molar-refractivity contribution in [1.29, 1.82) is 0 Å². The molecule has 0 bridgehead atoms. The maximum atomic E-state index is 5.78. The number of rotatable bonds is 5. The smallest absolute Gasteiger partial charge is 0.173 e. The van der Waals surface area contributed by atoms with Crippen molar-refractivity contribution >= 4 is 11.0 Å². The molecule has 0 aliphatic rings. The molecule has 4 nitrogen and oxygen atoms in total. The summed E-state index contributed by atoms with van der Waals surface area (Å²) in [5.74, 6) is 1.56. The van der Waals surface area contributed by atoms with E-state index in [9.17, 15) is 0 Å². The first-order valence-corrected chi connectivity index (χ1v) is 6.60. The molecule has 0 saturated heterocycles. The van der Waals surface area contributed by atoms with Crippen LogP contribution in [-0.4, -0.2) is 16.5 Å². The third-order valence-corrected chi connectivity index (χ3v) is 3.03. The van der Waals surface area contributed by atoms with Crippen LogP contribution in [0.25, 0.3) is 22.6 Å². The summed E-state index contributed by atoms with van der Waals surface area (Å²) in [6.45, 7) is 3.97. The average Bonchev–Trinajstić information content (AvgIpc) is 3.04. The molecule has 98 valence electrons. The van der Waals surface area contributed by atoms with Gasteiger partial charge in [0, 0.05) is 17.6 Å². The molecule has 4 heteroatoms. The Kier molecular flexibility index (Phi) is 3.33. The van der Waals surface area contributed by atoms with Crippen molar-refractivity contribution in [2.24, 2.45) is 0 Å². The Labute approximate surface area is 111 Å². The van der Waals surface area contributed by atoms with E-state index in [0.29, 0.717) is 0 Å². The van der Waals surface area contributed by atoms with Crippen LogP contribution in [0.15, 0.2) is 40.9 Å². The van der Waals surface area contributed by atoms with Crippen LogP contribution >= 0.6 is 0 Å². The first kappa shape index (κ1) is 12.0. The molecule has 2 aromatic heterocycles.